The van der Waals surface area contributed by atoms with Crippen molar-refractivity contribution in [2.45, 2.75) is 19.6 Å². The van der Waals surface area contributed by atoms with Gasteiger partial charge in [0.25, 0.3) is 5.91 Å². The highest BCUT2D eigenvalue weighted by atomic mass is 32.1. The van der Waals surface area contributed by atoms with Gasteiger partial charge in [0.2, 0.25) is 0 Å². The Balaban J connectivity index is 1.74. The zero-order valence-electron chi connectivity index (χ0n) is 13.9. The largest absolute Gasteiger partial charge is 0.416 e. The number of carbonyl (C=O) groups excluding carboxylic acids is 1. The molecule has 0 saturated heterocycles. The molecule has 136 valence electrons. The lowest BCUT2D eigenvalue weighted by Gasteiger charge is -2.06. The van der Waals surface area contributed by atoms with E-state index in [1.54, 1.807) is 18.2 Å². The molecule has 0 atom stereocenters. The number of nitrogens with zero attached hydrogens (tertiary/aromatic N) is 1. The van der Waals surface area contributed by atoms with Crippen molar-refractivity contribution in [2.75, 3.05) is 11.9 Å². The van der Waals surface area contributed by atoms with Crippen molar-refractivity contribution in [1.82, 2.24) is 10.3 Å². The molecule has 0 saturated carbocycles. The number of fused-ring (bicyclic) bond motifs is 1. The van der Waals surface area contributed by atoms with Gasteiger partial charge in [-0.3, -0.25) is 4.79 Å². The maximum atomic E-state index is 12.8. The van der Waals surface area contributed by atoms with Crippen LogP contribution in [0.1, 0.15) is 28.4 Å². The number of aromatic nitrogens is 1. The predicted octanol–water partition coefficient (Wildman–Crippen LogP) is 4.68. The average molecular weight is 379 g/mol. The van der Waals surface area contributed by atoms with Crippen molar-refractivity contribution >= 4 is 32.6 Å². The van der Waals surface area contributed by atoms with Gasteiger partial charge in [-0.2, -0.15) is 13.2 Å². The molecule has 0 aliphatic rings. The second kappa shape index (κ2) is 7.33. The monoisotopic (exact) mass is 379 g/mol. The number of halogens is 3. The highest BCUT2D eigenvalue weighted by Crippen LogP contribution is 2.34. The molecule has 0 spiro atoms. The number of benzene rings is 2. The van der Waals surface area contributed by atoms with Crippen LogP contribution in [-0.2, 0) is 12.7 Å². The van der Waals surface area contributed by atoms with Crippen molar-refractivity contribution in [3.8, 4) is 0 Å². The lowest BCUT2D eigenvalue weighted by molar-refractivity contribution is -0.137. The molecule has 0 aliphatic heterocycles. The van der Waals surface area contributed by atoms with Crippen LogP contribution in [0.3, 0.4) is 0 Å². The van der Waals surface area contributed by atoms with Gasteiger partial charge in [0.05, 0.1) is 15.8 Å². The molecular formula is C18H16F3N3OS. The van der Waals surface area contributed by atoms with Crippen LogP contribution in [0.2, 0.25) is 0 Å². The van der Waals surface area contributed by atoms with E-state index in [0.29, 0.717) is 34.0 Å². The van der Waals surface area contributed by atoms with Gasteiger partial charge >= 0.3 is 6.18 Å². The quantitative estimate of drug-likeness (QED) is 0.677. The zero-order chi connectivity index (χ0) is 18.7. The smallest absolute Gasteiger partial charge is 0.357 e. The molecule has 2 N–H and O–H groups in total. The van der Waals surface area contributed by atoms with Gasteiger partial charge in [-0.1, -0.05) is 23.5 Å². The van der Waals surface area contributed by atoms with E-state index in [0.717, 1.165) is 17.7 Å². The Hall–Kier alpha value is -2.61. The Kier molecular flexibility index (Phi) is 5.13. The highest BCUT2D eigenvalue weighted by Gasteiger charge is 2.30. The van der Waals surface area contributed by atoms with Gasteiger partial charge in [0, 0.05) is 18.7 Å². The van der Waals surface area contributed by atoms with Gasteiger partial charge in [0.15, 0.2) is 5.13 Å². The van der Waals surface area contributed by atoms with Crippen LogP contribution in [-0.4, -0.2) is 17.4 Å². The van der Waals surface area contributed by atoms with Crippen molar-refractivity contribution in [1.29, 1.82) is 0 Å². The summed E-state index contributed by atoms with van der Waals surface area (Å²) < 4.78 is 39.0. The predicted molar refractivity (Wildman–Crippen MR) is 96.4 cm³/mol. The topological polar surface area (TPSA) is 54.0 Å². The fourth-order valence-corrected chi connectivity index (χ4v) is 3.28. The third-order valence-electron chi connectivity index (χ3n) is 3.69. The highest BCUT2D eigenvalue weighted by molar-refractivity contribution is 7.22. The summed E-state index contributed by atoms with van der Waals surface area (Å²) in [6.45, 7) is 2.81. The molecule has 1 amide bonds. The fourth-order valence-electron chi connectivity index (χ4n) is 2.44. The number of thiazole rings is 1. The van der Waals surface area contributed by atoms with Crippen LogP contribution in [0.4, 0.5) is 18.3 Å². The number of alkyl halides is 3. The molecule has 0 unspecified atom stereocenters. The minimum atomic E-state index is -4.38. The molecule has 0 fully saturated rings. The zero-order valence-corrected chi connectivity index (χ0v) is 14.7. The first-order valence-electron chi connectivity index (χ1n) is 7.95. The minimum absolute atomic E-state index is 0.144. The number of carbonyl (C=O) groups is 1. The lowest BCUT2D eigenvalue weighted by atomic mass is 10.1. The normalized spacial score (nSPS) is 11.5. The van der Waals surface area contributed by atoms with Gasteiger partial charge < -0.3 is 10.6 Å². The van der Waals surface area contributed by atoms with Crippen LogP contribution < -0.4 is 10.6 Å². The average Bonchev–Trinajstić information content (AvgIpc) is 3.02. The molecule has 0 radical (unpaired) electrons. The lowest BCUT2D eigenvalue weighted by Crippen LogP contribution is -2.22. The summed E-state index contributed by atoms with van der Waals surface area (Å²) in [5.41, 5.74) is 1.04. The second-order valence-electron chi connectivity index (χ2n) is 5.61. The third kappa shape index (κ3) is 4.13. The molecular weight excluding hydrogens is 363 g/mol. The third-order valence-corrected chi connectivity index (χ3v) is 4.68. The van der Waals surface area contributed by atoms with Crippen LogP contribution in [0.5, 0.6) is 0 Å². The van der Waals surface area contributed by atoms with E-state index in [4.69, 9.17) is 0 Å². The van der Waals surface area contributed by atoms with Crippen molar-refractivity contribution in [2.24, 2.45) is 0 Å². The van der Waals surface area contributed by atoms with Crippen LogP contribution in [0, 0.1) is 0 Å². The van der Waals surface area contributed by atoms with Crippen molar-refractivity contribution in [3.05, 3.63) is 59.2 Å². The van der Waals surface area contributed by atoms with Crippen LogP contribution in [0.15, 0.2) is 42.5 Å². The number of nitrogens with one attached hydrogen (secondary N) is 2. The number of rotatable bonds is 5. The summed E-state index contributed by atoms with van der Waals surface area (Å²) in [4.78, 5) is 16.1. The summed E-state index contributed by atoms with van der Waals surface area (Å²) in [6.07, 6.45) is -4.38. The number of hydrogen-bond acceptors (Lipinski definition) is 4. The molecule has 26 heavy (non-hydrogen) atoms. The second-order valence-corrected chi connectivity index (χ2v) is 6.64. The summed E-state index contributed by atoms with van der Waals surface area (Å²) in [7, 11) is 0. The number of anilines is 1. The van der Waals surface area contributed by atoms with E-state index >= 15 is 0 Å². The number of amides is 1. The molecule has 1 aromatic heterocycles. The first-order valence-corrected chi connectivity index (χ1v) is 8.77. The molecule has 2 aromatic carbocycles. The van der Waals surface area contributed by atoms with E-state index in [2.05, 4.69) is 15.6 Å². The van der Waals surface area contributed by atoms with E-state index in [9.17, 15) is 18.0 Å². The van der Waals surface area contributed by atoms with Crippen LogP contribution >= 0.6 is 11.3 Å². The fraction of sp³-hybridized carbons (Fsp3) is 0.222. The van der Waals surface area contributed by atoms with Gasteiger partial charge in [-0.25, -0.2) is 4.98 Å². The Labute approximate surface area is 152 Å². The molecule has 0 bridgehead atoms. The molecule has 1 heterocycles. The van der Waals surface area contributed by atoms with Gasteiger partial charge in [0.1, 0.15) is 0 Å². The molecule has 8 heteroatoms. The molecule has 0 aliphatic carbocycles. The summed E-state index contributed by atoms with van der Waals surface area (Å²) in [6, 6.07) is 10.7. The maximum Gasteiger partial charge on any atom is 0.416 e. The van der Waals surface area contributed by atoms with Crippen molar-refractivity contribution in [3.63, 3.8) is 0 Å². The van der Waals surface area contributed by atoms with E-state index in [1.807, 2.05) is 13.0 Å². The van der Waals surface area contributed by atoms with Crippen molar-refractivity contribution < 1.29 is 18.0 Å². The summed E-state index contributed by atoms with van der Waals surface area (Å²) >= 11 is 1.29. The Morgan fingerprint density at radius 1 is 1.19 bits per heavy atom. The van der Waals surface area contributed by atoms with Crippen LogP contribution in [0.25, 0.3) is 10.2 Å². The minimum Gasteiger partial charge on any atom is -0.357 e. The summed E-state index contributed by atoms with van der Waals surface area (Å²) in [5.74, 6) is -0.144. The standard InChI is InChI=1S/C18H16F3N3OS/c1-2-22-16(25)12-5-3-4-11(8-12)10-23-17-24-14-9-13(18(19,20)21)6-7-15(14)26-17/h3-9H,2,10H2,1H3,(H,22,25)(H,23,24). The summed E-state index contributed by atoms with van der Waals surface area (Å²) in [5, 5.41) is 6.37. The Bertz CT molecular complexity index is 937. The number of hydrogen-bond donors (Lipinski definition) is 2. The van der Waals surface area contributed by atoms with Gasteiger partial charge in [-0.05, 0) is 42.8 Å². The Morgan fingerprint density at radius 3 is 2.73 bits per heavy atom. The SMILES string of the molecule is CCNC(=O)c1cccc(CNc2nc3cc(C(F)(F)F)ccc3s2)c1. The molecule has 3 rings (SSSR count). The molecule has 3 aromatic rings. The Morgan fingerprint density at radius 2 is 2.00 bits per heavy atom. The van der Waals surface area contributed by atoms with Gasteiger partial charge in [-0.15, -0.1) is 0 Å². The first kappa shape index (κ1) is 18.2. The molecule has 4 nitrogen and oxygen atoms in total. The van der Waals surface area contributed by atoms with E-state index < -0.39 is 11.7 Å². The van der Waals surface area contributed by atoms with E-state index in [1.165, 1.54) is 17.4 Å². The van der Waals surface area contributed by atoms with E-state index in [-0.39, 0.29) is 5.91 Å². The maximum absolute atomic E-state index is 12.8. The first-order chi connectivity index (χ1) is 12.4.